The van der Waals surface area contributed by atoms with Crippen molar-refractivity contribution in [1.82, 2.24) is 5.32 Å². The average Bonchev–Trinajstić information content (AvgIpc) is 2.91. The third kappa shape index (κ3) is 10.2. The summed E-state index contributed by atoms with van der Waals surface area (Å²) in [5, 5.41) is 21.8. The molecule has 0 aliphatic heterocycles. The number of carbonyl (C=O) groups excluding carboxylic acids is 1. The summed E-state index contributed by atoms with van der Waals surface area (Å²) in [6, 6.07) is 13.7. The Labute approximate surface area is 224 Å². The molecule has 0 aliphatic rings. The molecule has 0 fully saturated rings. The van der Waals surface area contributed by atoms with Gasteiger partial charge >= 0.3 is 14.9 Å². The summed E-state index contributed by atoms with van der Waals surface area (Å²) in [5.41, 5.74) is 1.98. The van der Waals surface area contributed by atoms with Gasteiger partial charge in [0, 0.05) is 56.8 Å². The Hall–Kier alpha value is -3.39. The van der Waals surface area contributed by atoms with Crippen LogP contribution in [-0.2, 0) is 18.0 Å². The predicted molar refractivity (Wildman–Crippen MR) is 146 cm³/mol. The summed E-state index contributed by atoms with van der Waals surface area (Å²) in [7, 11) is -2.73. The van der Waals surface area contributed by atoms with E-state index in [-0.39, 0.29) is 12.4 Å². The van der Waals surface area contributed by atoms with Crippen LogP contribution in [0.5, 0.6) is 0 Å². The minimum absolute atomic E-state index is 0.00253. The number of nitrogens with one attached hydrogen (secondary N) is 1. The van der Waals surface area contributed by atoms with Crippen molar-refractivity contribution >= 4 is 37.6 Å². The van der Waals surface area contributed by atoms with Gasteiger partial charge < -0.3 is 28.2 Å². The zero-order chi connectivity index (χ0) is 27.8. The molecule has 13 heteroatoms. The number of alkyl carbamates (subject to hydrolysis) is 1. The molecule has 0 aromatic heterocycles. The Morgan fingerprint density at radius 1 is 0.921 bits per heavy atom. The number of nitrogens with zero attached hydrogens (tertiary/aromatic N) is 4. The largest absolute Gasteiger partial charge is 0.500 e. The van der Waals surface area contributed by atoms with Gasteiger partial charge in [-0.3, -0.25) is 10.1 Å². The van der Waals surface area contributed by atoms with E-state index in [1.807, 2.05) is 44.7 Å². The van der Waals surface area contributed by atoms with Crippen LogP contribution in [-0.4, -0.2) is 59.5 Å². The van der Waals surface area contributed by atoms with E-state index in [1.54, 1.807) is 12.1 Å². The number of carbonyl (C=O) groups is 1. The van der Waals surface area contributed by atoms with Crippen LogP contribution in [0.1, 0.15) is 34.1 Å². The molecule has 0 aliphatic carbocycles. The highest BCUT2D eigenvalue weighted by Gasteiger charge is 2.39. The first-order valence-electron chi connectivity index (χ1n) is 12.7. The minimum atomic E-state index is -2.73. The van der Waals surface area contributed by atoms with Gasteiger partial charge in [-0.05, 0) is 70.5 Å². The molecule has 0 unspecified atom stereocenters. The lowest BCUT2D eigenvalue weighted by molar-refractivity contribution is -0.384. The van der Waals surface area contributed by atoms with Crippen molar-refractivity contribution in [3.05, 3.63) is 58.6 Å². The van der Waals surface area contributed by atoms with Crippen LogP contribution in [0.15, 0.2) is 58.8 Å². The SMILES string of the molecule is CCO[Si](CCCNC(=O)OCN(CC)c1ccc(N=Nc2ccc([N+](=O)[O-])cc2)cc1)(OCC)OCC. The van der Waals surface area contributed by atoms with E-state index in [9.17, 15) is 14.9 Å². The van der Waals surface area contributed by atoms with Crippen LogP contribution in [0.3, 0.4) is 0 Å². The molecule has 0 atom stereocenters. The maximum absolute atomic E-state index is 12.2. The van der Waals surface area contributed by atoms with E-state index in [0.29, 0.717) is 56.7 Å². The maximum Gasteiger partial charge on any atom is 0.500 e. The molecule has 12 nitrogen and oxygen atoms in total. The van der Waals surface area contributed by atoms with Crippen LogP contribution in [0, 0.1) is 10.1 Å². The summed E-state index contributed by atoms with van der Waals surface area (Å²) >= 11 is 0. The van der Waals surface area contributed by atoms with Gasteiger partial charge in [-0.1, -0.05) is 0 Å². The summed E-state index contributed by atoms with van der Waals surface area (Å²) in [6.07, 6.45) is 0.141. The van der Waals surface area contributed by atoms with E-state index in [4.69, 9.17) is 18.0 Å². The molecule has 2 aromatic carbocycles. The summed E-state index contributed by atoms with van der Waals surface area (Å²) in [6.45, 7) is 10.4. The van der Waals surface area contributed by atoms with Gasteiger partial charge in [-0.15, -0.1) is 0 Å². The number of azo groups is 1. The monoisotopic (exact) mass is 547 g/mol. The second-order valence-electron chi connectivity index (χ2n) is 7.92. The fourth-order valence-electron chi connectivity index (χ4n) is 3.52. The van der Waals surface area contributed by atoms with Crippen LogP contribution >= 0.6 is 0 Å². The van der Waals surface area contributed by atoms with Gasteiger partial charge in [-0.25, -0.2) is 4.79 Å². The molecule has 0 bridgehead atoms. The molecular formula is C25H37N5O7Si. The number of amides is 1. The Balaban J connectivity index is 1.81. The third-order valence-electron chi connectivity index (χ3n) is 5.31. The number of rotatable bonds is 17. The van der Waals surface area contributed by atoms with Crippen molar-refractivity contribution in [3.63, 3.8) is 0 Å². The van der Waals surface area contributed by atoms with Gasteiger partial charge in [-0.2, -0.15) is 10.2 Å². The first-order valence-corrected chi connectivity index (χ1v) is 14.6. The predicted octanol–water partition coefficient (Wildman–Crippen LogP) is 5.96. The summed E-state index contributed by atoms with van der Waals surface area (Å²) in [4.78, 5) is 24.4. The van der Waals surface area contributed by atoms with Crippen molar-refractivity contribution in [3.8, 4) is 0 Å². The molecular weight excluding hydrogens is 510 g/mol. The number of nitro groups is 1. The van der Waals surface area contributed by atoms with Crippen LogP contribution in [0.4, 0.5) is 27.5 Å². The van der Waals surface area contributed by atoms with E-state index in [2.05, 4.69) is 15.5 Å². The molecule has 2 aromatic rings. The topological polar surface area (TPSA) is 137 Å². The number of ether oxygens (including phenoxy) is 1. The zero-order valence-electron chi connectivity index (χ0n) is 22.4. The quantitative estimate of drug-likeness (QED) is 0.0640. The Bertz CT molecular complexity index is 1000. The molecule has 0 saturated carbocycles. The fourth-order valence-corrected chi connectivity index (χ4v) is 6.13. The number of benzene rings is 2. The number of non-ortho nitro benzene ring substituents is 1. The van der Waals surface area contributed by atoms with Crippen LogP contribution < -0.4 is 10.2 Å². The Morgan fingerprint density at radius 2 is 1.45 bits per heavy atom. The van der Waals surface area contributed by atoms with Crippen molar-refractivity contribution in [2.24, 2.45) is 10.2 Å². The lowest BCUT2D eigenvalue weighted by Gasteiger charge is -2.28. The first kappa shape index (κ1) is 30.8. The molecule has 1 N–H and O–H groups in total. The van der Waals surface area contributed by atoms with E-state index < -0.39 is 19.8 Å². The molecule has 0 spiro atoms. The van der Waals surface area contributed by atoms with Gasteiger partial charge in [0.1, 0.15) is 0 Å². The molecule has 0 heterocycles. The Morgan fingerprint density at radius 3 is 1.92 bits per heavy atom. The average molecular weight is 548 g/mol. The minimum Gasteiger partial charge on any atom is -0.428 e. The van der Waals surface area contributed by atoms with Crippen LogP contribution in [0.25, 0.3) is 0 Å². The molecule has 2 rings (SSSR count). The van der Waals surface area contributed by atoms with E-state index in [0.717, 1.165) is 5.69 Å². The number of hydrogen-bond donors (Lipinski definition) is 1. The first-order chi connectivity index (χ1) is 18.4. The maximum atomic E-state index is 12.2. The normalized spacial score (nSPS) is 11.5. The zero-order valence-corrected chi connectivity index (χ0v) is 23.4. The van der Waals surface area contributed by atoms with Gasteiger partial charge in [0.2, 0.25) is 0 Å². The second-order valence-corrected chi connectivity index (χ2v) is 10.7. The smallest absolute Gasteiger partial charge is 0.428 e. The standard InChI is InChI=1S/C25H37N5O7Si/c1-5-29(20-34-25(31)26-18-9-19-38(35-6-2,36-7-3)37-8-4)23-14-10-21(11-15-23)27-28-22-12-16-24(17-13-22)30(32)33/h10-17H,5-9,18-20H2,1-4H3,(H,26,31). The van der Waals surface area contributed by atoms with E-state index in [1.165, 1.54) is 24.3 Å². The molecule has 1 amide bonds. The number of anilines is 1. The van der Waals surface area contributed by atoms with Gasteiger partial charge in [0.25, 0.3) is 5.69 Å². The fraction of sp³-hybridized carbons (Fsp3) is 0.480. The highest BCUT2D eigenvalue weighted by Crippen LogP contribution is 2.24. The number of hydrogen-bond acceptors (Lipinski definition) is 10. The molecule has 208 valence electrons. The third-order valence-corrected chi connectivity index (χ3v) is 8.46. The lowest BCUT2D eigenvalue weighted by atomic mass is 10.2. The van der Waals surface area contributed by atoms with Crippen LogP contribution in [0.2, 0.25) is 6.04 Å². The molecule has 38 heavy (non-hydrogen) atoms. The molecule has 0 saturated heterocycles. The molecule has 0 radical (unpaired) electrons. The summed E-state index contributed by atoms with van der Waals surface area (Å²) in [5.74, 6) is 0. The highest BCUT2D eigenvalue weighted by molar-refractivity contribution is 6.60. The Kier molecular flexibility index (Phi) is 13.3. The highest BCUT2D eigenvalue weighted by atomic mass is 28.4. The summed E-state index contributed by atoms with van der Waals surface area (Å²) < 4.78 is 22.9. The van der Waals surface area contributed by atoms with Crippen molar-refractivity contribution < 1.29 is 27.7 Å². The van der Waals surface area contributed by atoms with Crippen molar-refractivity contribution in [2.75, 3.05) is 44.5 Å². The van der Waals surface area contributed by atoms with Crippen molar-refractivity contribution in [1.29, 1.82) is 0 Å². The van der Waals surface area contributed by atoms with Gasteiger partial charge in [0.05, 0.1) is 16.3 Å². The van der Waals surface area contributed by atoms with E-state index >= 15 is 0 Å². The van der Waals surface area contributed by atoms with Gasteiger partial charge in [0.15, 0.2) is 6.73 Å². The lowest BCUT2D eigenvalue weighted by Crippen LogP contribution is -2.46. The number of nitro benzene ring substituents is 1. The second kappa shape index (κ2) is 16.4. The van der Waals surface area contributed by atoms with Crippen molar-refractivity contribution in [2.45, 2.75) is 40.2 Å².